The van der Waals surface area contributed by atoms with Crippen LogP contribution < -0.4 is 5.32 Å². The number of halogens is 1. The number of hydrogen-bond acceptors (Lipinski definition) is 7. The van der Waals surface area contributed by atoms with E-state index < -0.39 is 5.97 Å². The van der Waals surface area contributed by atoms with Gasteiger partial charge in [-0.05, 0) is 26.0 Å². The Hall–Kier alpha value is -2.93. The Kier molecular flexibility index (Phi) is 4.95. The Balaban J connectivity index is 2.03. The highest BCUT2D eigenvalue weighted by Crippen LogP contribution is 2.31. The lowest BCUT2D eigenvalue weighted by Crippen LogP contribution is -2.08. The number of nitrogens with zero attached hydrogens (tertiary/aromatic N) is 3. The van der Waals surface area contributed by atoms with Crippen molar-refractivity contribution < 1.29 is 14.1 Å². The monoisotopic (exact) mass is 358 g/mol. The van der Waals surface area contributed by atoms with Gasteiger partial charge in [0.15, 0.2) is 5.56 Å². The Morgan fingerprint density at radius 1 is 1.28 bits per heavy atom. The van der Waals surface area contributed by atoms with E-state index in [4.69, 9.17) is 20.9 Å². The highest BCUT2D eigenvalue weighted by atomic mass is 35.5. The van der Waals surface area contributed by atoms with Crippen molar-refractivity contribution in [3.63, 3.8) is 0 Å². The minimum absolute atomic E-state index is 0.154. The molecule has 8 heteroatoms. The van der Waals surface area contributed by atoms with E-state index in [1.807, 2.05) is 6.92 Å². The number of hydrogen-bond donors (Lipinski definition) is 1. The molecule has 0 saturated heterocycles. The molecule has 0 atom stereocenters. The minimum Gasteiger partial charge on any atom is -0.462 e. The second kappa shape index (κ2) is 7.31. The van der Waals surface area contributed by atoms with Crippen LogP contribution in [0.4, 0.5) is 11.7 Å². The summed E-state index contributed by atoms with van der Waals surface area (Å²) in [4.78, 5) is 20.5. The van der Waals surface area contributed by atoms with Crippen molar-refractivity contribution >= 4 is 29.3 Å². The third-order valence-electron chi connectivity index (χ3n) is 3.33. The maximum absolute atomic E-state index is 12.4. The molecule has 0 fully saturated rings. The number of nitrogens with one attached hydrogen (secondary N) is 1. The second-order valence-electron chi connectivity index (χ2n) is 5.13. The van der Waals surface area contributed by atoms with Crippen molar-refractivity contribution in [2.24, 2.45) is 0 Å². The van der Waals surface area contributed by atoms with Gasteiger partial charge in [0.2, 0.25) is 5.88 Å². The molecular formula is C17H15ClN4O3. The third-order valence-corrected chi connectivity index (χ3v) is 3.59. The number of rotatable bonds is 5. The maximum atomic E-state index is 12.4. The summed E-state index contributed by atoms with van der Waals surface area (Å²) in [5, 5.41) is 7.54. The Morgan fingerprint density at radius 2 is 2.04 bits per heavy atom. The number of aromatic nitrogens is 3. The van der Waals surface area contributed by atoms with Crippen LogP contribution in [0.3, 0.4) is 0 Å². The smallest absolute Gasteiger partial charge is 0.346 e. The van der Waals surface area contributed by atoms with Gasteiger partial charge in [-0.15, -0.1) is 0 Å². The fourth-order valence-electron chi connectivity index (χ4n) is 2.21. The molecule has 0 saturated carbocycles. The van der Waals surface area contributed by atoms with Gasteiger partial charge in [-0.25, -0.2) is 14.8 Å². The third kappa shape index (κ3) is 3.77. The van der Waals surface area contributed by atoms with E-state index in [-0.39, 0.29) is 18.1 Å². The molecule has 2 heterocycles. The maximum Gasteiger partial charge on any atom is 0.346 e. The van der Waals surface area contributed by atoms with E-state index in [1.165, 1.54) is 6.33 Å². The van der Waals surface area contributed by atoms with Crippen molar-refractivity contribution in [3.8, 4) is 11.3 Å². The van der Waals surface area contributed by atoms with Gasteiger partial charge < -0.3 is 14.6 Å². The highest BCUT2D eigenvalue weighted by molar-refractivity contribution is 6.30. The number of carbonyl (C=O) groups is 1. The largest absolute Gasteiger partial charge is 0.462 e. The quantitative estimate of drug-likeness (QED) is 0.689. The van der Waals surface area contributed by atoms with E-state index in [9.17, 15) is 4.79 Å². The van der Waals surface area contributed by atoms with Gasteiger partial charge >= 0.3 is 5.97 Å². The van der Waals surface area contributed by atoms with Gasteiger partial charge in [-0.1, -0.05) is 28.9 Å². The summed E-state index contributed by atoms with van der Waals surface area (Å²) in [7, 11) is 0. The van der Waals surface area contributed by atoms with Crippen molar-refractivity contribution in [1.82, 2.24) is 15.1 Å². The Labute approximate surface area is 149 Å². The van der Waals surface area contributed by atoms with E-state index in [0.717, 1.165) is 5.69 Å². The van der Waals surface area contributed by atoms with Gasteiger partial charge in [0, 0.05) is 22.3 Å². The van der Waals surface area contributed by atoms with Gasteiger partial charge in [0.25, 0.3) is 0 Å². The first kappa shape index (κ1) is 16.9. The van der Waals surface area contributed by atoms with Gasteiger partial charge in [0.05, 0.1) is 6.61 Å². The molecular weight excluding hydrogens is 344 g/mol. The molecule has 0 spiro atoms. The number of anilines is 2. The Morgan fingerprint density at radius 3 is 2.72 bits per heavy atom. The molecule has 0 unspecified atom stereocenters. The predicted molar refractivity (Wildman–Crippen MR) is 93.0 cm³/mol. The van der Waals surface area contributed by atoms with Gasteiger partial charge in [0.1, 0.15) is 17.8 Å². The molecule has 25 heavy (non-hydrogen) atoms. The van der Waals surface area contributed by atoms with Crippen molar-refractivity contribution in [3.05, 3.63) is 52.9 Å². The summed E-state index contributed by atoms with van der Waals surface area (Å²) in [6, 6.07) is 8.64. The van der Waals surface area contributed by atoms with Crippen LogP contribution in [0.5, 0.6) is 0 Å². The Bertz CT molecular complexity index is 893. The lowest BCUT2D eigenvalue weighted by molar-refractivity contribution is 0.0528. The summed E-state index contributed by atoms with van der Waals surface area (Å²) >= 11 is 5.92. The fourth-order valence-corrected chi connectivity index (χ4v) is 2.34. The molecule has 0 aliphatic rings. The molecule has 3 rings (SSSR count). The van der Waals surface area contributed by atoms with Crippen molar-refractivity contribution in [1.29, 1.82) is 0 Å². The fraction of sp³-hybridized carbons (Fsp3) is 0.176. The van der Waals surface area contributed by atoms with Crippen LogP contribution in [0.1, 0.15) is 23.0 Å². The molecule has 2 aromatic heterocycles. The molecule has 128 valence electrons. The zero-order valence-electron chi connectivity index (χ0n) is 13.6. The summed E-state index contributed by atoms with van der Waals surface area (Å²) in [6.07, 6.45) is 1.41. The van der Waals surface area contributed by atoms with Crippen molar-refractivity contribution in [2.75, 3.05) is 11.9 Å². The molecule has 3 aromatic rings. The molecule has 0 amide bonds. The second-order valence-corrected chi connectivity index (χ2v) is 5.57. The van der Waals surface area contributed by atoms with Crippen LogP contribution in [-0.4, -0.2) is 27.7 Å². The van der Waals surface area contributed by atoms with Crippen LogP contribution in [0, 0.1) is 6.92 Å². The van der Waals surface area contributed by atoms with Crippen molar-refractivity contribution in [2.45, 2.75) is 13.8 Å². The van der Waals surface area contributed by atoms with Crippen LogP contribution in [-0.2, 0) is 4.74 Å². The number of benzene rings is 1. The highest BCUT2D eigenvalue weighted by Gasteiger charge is 2.25. The SMILES string of the molecule is CCOC(=O)c1c(-c2ccc(Cl)cc2)noc1Nc1cc(C)ncn1. The number of esters is 1. The summed E-state index contributed by atoms with van der Waals surface area (Å²) in [6.45, 7) is 3.79. The zero-order chi connectivity index (χ0) is 17.8. The van der Waals surface area contributed by atoms with E-state index in [1.54, 1.807) is 37.3 Å². The standard InChI is InChI=1S/C17H15ClN4O3/c1-3-24-17(23)14-15(11-4-6-12(18)7-5-11)22-25-16(14)21-13-8-10(2)19-9-20-13/h4-9H,3H2,1-2H3,(H,19,20,21). The van der Waals surface area contributed by atoms with Crippen LogP contribution >= 0.6 is 11.6 Å². The number of ether oxygens (including phenoxy) is 1. The van der Waals surface area contributed by atoms with Gasteiger partial charge in [-0.2, -0.15) is 0 Å². The molecule has 1 aromatic carbocycles. The average molecular weight is 359 g/mol. The summed E-state index contributed by atoms with van der Waals surface area (Å²) < 4.78 is 10.5. The normalized spacial score (nSPS) is 10.5. The van der Waals surface area contributed by atoms with Crippen LogP contribution in [0.25, 0.3) is 11.3 Å². The molecule has 0 aliphatic carbocycles. The molecule has 0 bridgehead atoms. The molecule has 0 aliphatic heterocycles. The number of carbonyl (C=O) groups excluding carboxylic acids is 1. The molecule has 7 nitrogen and oxygen atoms in total. The predicted octanol–water partition coefficient (Wildman–Crippen LogP) is 4.01. The lowest BCUT2D eigenvalue weighted by atomic mass is 10.1. The average Bonchev–Trinajstić information content (AvgIpc) is 2.99. The topological polar surface area (TPSA) is 90.1 Å². The summed E-state index contributed by atoms with van der Waals surface area (Å²) in [5.74, 6) is 0.0975. The van der Waals surface area contributed by atoms with Gasteiger partial charge in [-0.3, -0.25) is 0 Å². The number of aryl methyl sites for hydroxylation is 1. The first-order chi connectivity index (χ1) is 12.1. The van der Waals surface area contributed by atoms with Crippen LogP contribution in [0.2, 0.25) is 5.02 Å². The van der Waals surface area contributed by atoms with E-state index >= 15 is 0 Å². The first-order valence-corrected chi connectivity index (χ1v) is 7.94. The first-order valence-electron chi connectivity index (χ1n) is 7.57. The molecule has 0 radical (unpaired) electrons. The van der Waals surface area contributed by atoms with Crippen LogP contribution in [0.15, 0.2) is 41.2 Å². The van der Waals surface area contributed by atoms with E-state index in [0.29, 0.717) is 22.1 Å². The minimum atomic E-state index is -0.540. The summed E-state index contributed by atoms with van der Waals surface area (Å²) in [5.41, 5.74) is 2.01. The zero-order valence-corrected chi connectivity index (χ0v) is 14.4. The molecule has 1 N–H and O–H groups in total. The lowest BCUT2D eigenvalue weighted by Gasteiger charge is -2.06. The van der Waals surface area contributed by atoms with E-state index in [2.05, 4.69) is 20.4 Å².